The SMILES string of the molecule is CC1(O)CCC(NC(=O)c2ccccc2SCc2cn3ccccc3n2)CC1. The second kappa shape index (κ2) is 7.97. The van der Waals surface area contributed by atoms with E-state index in [1.165, 1.54) is 0 Å². The molecular weight excluding hydrogens is 370 g/mol. The first-order chi connectivity index (χ1) is 13.5. The highest BCUT2D eigenvalue weighted by atomic mass is 32.2. The summed E-state index contributed by atoms with van der Waals surface area (Å²) in [5.74, 6) is 0.669. The Labute approximate surface area is 169 Å². The number of thioether (sulfide) groups is 1. The van der Waals surface area contributed by atoms with Gasteiger partial charge in [-0.15, -0.1) is 11.8 Å². The molecule has 6 heteroatoms. The molecule has 0 spiro atoms. The molecule has 28 heavy (non-hydrogen) atoms. The summed E-state index contributed by atoms with van der Waals surface area (Å²) in [6.07, 6.45) is 7.09. The third kappa shape index (κ3) is 4.39. The van der Waals surface area contributed by atoms with Crippen LogP contribution in [0.25, 0.3) is 5.65 Å². The van der Waals surface area contributed by atoms with Gasteiger partial charge in [-0.1, -0.05) is 18.2 Å². The van der Waals surface area contributed by atoms with E-state index in [-0.39, 0.29) is 11.9 Å². The van der Waals surface area contributed by atoms with E-state index in [0.29, 0.717) is 11.3 Å². The van der Waals surface area contributed by atoms with Crippen LogP contribution in [-0.4, -0.2) is 32.0 Å². The standard InChI is InChI=1S/C22H25N3O2S/c1-22(27)11-9-16(10-12-22)24-21(26)18-6-2-3-7-19(18)28-15-17-14-25-13-5-4-8-20(25)23-17/h2-8,13-14,16,27H,9-12,15H2,1H3,(H,24,26). The zero-order valence-electron chi connectivity index (χ0n) is 16.0. The molecule has 0 saturated heterocycles. The van der Waals surface area contributed by atoms with Gasteiger partial charge in [0.25, 0.3) is 5.91 Å². The highest BCUT2D eigenvalue weighted by Gasteiger charge is 2.29. The number of hydrogen-bond donors (Lipinski definition) is 2. The van der Waals surface area contributed by atoms with Crippen LogP contribution in [0.5, 0.6) is 0 Å². The number of hydrogen-bond acceptors (Lipinski definition) is 4. The quantitative estimate of drug-likeness (QED) is 0.640. The number of pyridine rings is 1. The number of imidazole rings is 1. The van der Waals surface area contributed by atoms with Crippen LogP contribution in [0.3, 0.4) is 0 Å². The van der Waals surface area contributed by atoms with Gasteiger partial charge < -0.3 is 14.8 Å². The van der Waals surface area contributed by atoms with Crippen LogP contribution < -0.4 is 5.32 Å². The van der Waals surface area contributed by atoms with E-state index >= 15 is 0 Å². The molecule has 2 heterocycles. The summed E-state index contributed by atoms with van der Waals surface area (Å²) in [5.41, 5.74) is 2.02. The lowest BCUT2D eigenvalue weighted by Gasteiger charge is -2.33. The molecule has 2 aromatic heterocycles. The first kappa shape index (κ1) is 19.0. The summed E-state index contributed by atoms with van der Waals surface area (Å²) in [6.45, 7) is 1.87. The van der Waals surface area contributed by atoms with Crippen molar-refractivity contribution < 1.29 is 9.90 Å². The Morgan fingerprint density at radius 1 is 1.25 bits per heavy atom. The molecule has 0 bridgehead atoms. The number of nitrogens with one attached hydrogen (secondary N) is 1. The predicted molar refractivity (Wildman–Crippen MR) is 112 cm³/mol. The van der Waals surface area contributed by atoms with Crippen molar-refractivity contribution in [2.45, 2.75) is 54.9 Å². The third-order valence-electron chi connectivity index (χ3n) is 5.32. The van der Waals surface area contributed by atoms with Crippen molar-refractivity contribution in [1.82, 2.24) is 14.7 Å². The van der Waals surface area contributed by atoms with Crippen LogP contribution >= 0.6 is 11.8 Å². The molecule has 1 fully saturated rings. The van der Waals surface area contributed by atoms with Gasteiger partial charge in [-0.05, 0) is 56.9 Å². The second-order valence-corrected chi connectivity index (χ2v) is 8.75. The molecule has 5 nitrogen and oxygen atoms in total. The van der Waals surface area contributed by atoms with E-state index in [1.54, 1.807) is 11.8 Å². The first-order valence-electron chi connectivity index (χ1n) is 9.68. The topological polar surface area (TPSA) is 66.6 Å². The third-order valence-corrected chi connectivity index (χ3v) is 6.43. The molecule has 1 aliphatic rings. The summed E-state index contributed by atoms with van der Waals surface area (Å²) in [5, 5.41) is 13.2. The smallest absolute Gasteiger partial charge is 0.252 e. The fourth-order valence-electron chi connectivity index (χ4n) is 3.64. The van der Waals surface area contributed by atoms with E-state index in [9.17, 15) is 9.90 Å². The van der Waals surface area contributed by atoms with Gasteiger partial charge in [0.15, 0.2) is 0 Å². The molecule has 4 rings (SSSR count). The monoisotopic (exact) mass is 395 g/mol. The number of amides is 1. The average molecular weight is 396 g/mol. The summed E-state index contributed by atoms with van der Waals surface area (Å²) in [7, 11) is 0. The molecule has 0 atom stereocenters. The van der Waals surface area contributed by atoms with Crippen molar-refractivity contribution in [1.29, 1.82) is 0 Å². The summed E-state index contributed by atoms with van der Waals surface area (Å²) < 4.78 is 2.01. The lowest BCUT2D eigenvalue weighted by molar-refractivity contribution is 0.0140. The lowest BCUT2D eigenvalue weighted by atomic mass is 9.83. The summed E-state index contributed by atoms with van der Waals surface area (Å²) >= 11 is 1.63. The number of aliphatic hydroxyl groups is 1. The fourth-order valence-corrected chi connectivity index (χ4v) is 4.57. The van der Waals surface area contributed by atoms with Crippen molar-refractivity contribution in [3.63, 3.8) is 0 Å². The minimum Gasteiger partial charge on any atom is -0.390 e. The van der Waals surface area contributed by atoms with Gasteiger partial charge >= 0.3 is 0 Å². The molecule has 0 radical (unpaired) electrons. The maximum Gasteiger partial charge on any atom is 0.252 e. The number of fused-ring (bicyclic) bond motifs is 1. The van der Waals surface area contributed by atoms with Crippen LogP contribution in [0, 0.1) is 0 Å². The number of carbonyl (C=O) groups is 1. The number of nitrogens with zero attached hydrogens (tertiary/aromatic N) is 2. The van der Waals surface area contributed by atoms with Crippen LogP contribution in [0.2, 0.25) is 0 Å². The summed E-state index contributed by atoms with van der Waals surface area (Å²) in [6, 6.07) is 13.8. The number of aromatic nitrogens is 2. The first-order valence-corrected chi connectivity index (χ1v) is 10.7. The maximum atomic E-state index is 12.8. The minimum atomic E-state index is -0.594. The molecule has 3 aromatic rings. The van der Waals surface area contributed by atoms with E-state index < -0.39 is 5.60 Å². The van der Waals surface area contributed by atoms with Crippen LogP contribution in [0.15, 0.2) is 59.8 Å². The van der Waals surface area contributed by atoms with E-state index in [1.807, 2.05) is 66.2 Å². The van der Waals surface area contributed by atoms with Crippen LogP contribution in [0.1, 0.15) is 48.7 Å². The Kier molecular flexibility index (Phi) is 5.42. The molecule has 0 aliphatic heterocycles. The fraction of sp³-hybridized carbons (Fsp3) is 0.364. The normalized spacial score (nSPS) is 22.3. The molecule has 0 unspecified atom stereocenters. The van der Waals surface area contributed by atoms with Gasteiger partial charge in [-0.3, -0.25) is 4.79 Å². The van der Waals surface area contributed by atoms with Gasteiger partial charge in [0.2, 0.25) is 0 Å². The average Bonchev–Trinajstić information content (AvgIpc) is 3.11. The van der Waals surface area contributed by atoms with Crippen LogP contribution in [0.4, 0.5) is 0 Å². The highest BCUT2D eigenvalue weighted by Crippen LogP contribution is 2.29. The van der Waals surface area contributed by atoms with E-state index in [2.05, 4.69) is 10.3 Å². The molecular formula is C22H25N3O2S. The van der Waals surface area contributed by atoms with Crippen molar-refractivity contribution in [2.75, 3.05) is 0 Å². The zero-order chi connectivity index (χ0) is 19.6. The Morgan fingerprint density at radius 3 is 2.79 bits per heavy atom. The van der Waals surface area contributed by atoms with Gasteiger partial charge in [-0.25, -0.2) is 4.98 Å². The number of rotatable bonds is 5. The van der Waals surface area contributed by atoms with Gasteiger partial charge in [0.05, 0.1) is 16.9 Å². The zero-order valence-corrected chi connectivity index (χ0v) is 16.8. The van der Waals surface area contributed by atoms with Crippen LogP contribution in [-0.2, 0) is 5.75 Å². The lowest BCUT2D eigenvalue weighted by Crippen LogP contribution is -2.42. The molecule has 1 aliphatic carbocycles. The van der Waals surface area contributed by atoms with Gasteiger partial charge in [0, 0.05) is 29.1 Å². The van der Waals surface area contributed by atoms with Gasteiger partial charge in [0.1, 0.15) is 5.65 Å². The highest BCUT2D eigenvalue weighted by molar-refractivity contribution is 7.98. The Bertz CT molecular complexity index is 940. The molecule has 146 valence electrons. The van der Waals surface area contributed by atoms with Crippen molar-refractivity contribution in [3.05, 3.63) is 66.1 Å². The molecule has 2 N–H and O–H groups in total. The second-order valence-electron chi connectivity index (χ2n) is 7.73. The minimum absolute atomic E-state index is 0.0374. The Morgan fingerprint density at radius 2 is 2.00 bits per heavy atom. The summed E-state index contributed by atoms with van der Waals surface area (Å²) in [4.78, 5) is 18.4. The molecule has 1 saturated carbocycles. The van der Waals surface area contributed by atoms with Crippen molar-refractivity contribution >= 4 is 23.3 Å². The van der Waals surface area contributed by atoms with E-state index in [0.717, 1.165) is 41.9 Å². The number of benzene rings is 1. The van der Waals surface area contributed by atoms with Crippen molar-refractivity contribution in [2.24, 2.45) is 0 Å². The number of carbonyl (C=O) groups excluding carboxylic acids is 1. The predicted octanol–water partition coefficient (Wildman–Crippen LogP) is 4.05. The Hall–Kier alpha value is -2.31. The largest absolute Gasteiger partial charge is 0.390 e. The van der Waals surface area contributed by atoms with Crippen molar-refractivity contribution in [3.8, 4) is 0 Å². The van der Waals surface area contributed by atoms with E-state index in [4.69, 9.17) is 0 Å². The van der Waals surface area contributed by atoms with Gasteiger partial charge in [-0.2, -0.15) is 0 Å². The molecule has 1 aromatic carbocycles. The Balaban J connectivity index is 1.42. The molecule has 1 amide bonds. The maximum absolute atomic E-state index is 12.8.